The number of piperidine rings is 1. The summed E-state index contributed by atoms with van der Waals surface area (Å²) in [5.41, 5.74) is 0.893. The Morgan fingerprint density at radius 2 is 1.82 bits per heavy atom. The third-order valence-corrected chi connectivity index (χ3v) is 12.4. The van der Waals surface area contributed by atoms with Crippen LogP contribution in [0.2, 0.25) is 0 Å². The number of phenols is 1. The number of hydrogen-bond acceptors (Lipinski definition) is 7. The van der Waals surface area contributed by atoms with E-state index in [2.05, 4.69) is 17.2 Å². The molecule has 0 radical (unpaired) electrons. The van der Waals surface area contributed by atoms with E-state index in [1.807, 2.05) is 6.07 Å². The van der Waals surface area contributed by atoms with Gasteiger partial charge in [-0.15, -0.1) is 0 Å². The number of methoxy groups -OCH3 is 1. The summed E-state index contributed by atoms with van der Waals surface area (Å²) in [5.74, 6) is 8.89. The van der Waals surface area contributed by atoms with Crippen LogP contribution in [0.4, 0.5) is 0 Å². The first-order valence-corrected chi connectivity index (χ1v) is 17.8. The second kappa shape index (κ2) is 13.8. The van der Waals surface area contributed by atoms with E-state index in [1.165, 1.54) is 45.6 Å². The number of ether oxygens (including phenoxy) is 1. The quantitative estimate of drug-likeness (QED) is 0.287. The molecule has 6 rings (SSSR count). The molecule has 0 bridgehead atoms. The van der Waals surface area contributed by atoms with Crippen LogP contribution in [0.25, 0.3) is 0 Å². The number of carbonyl (C=O) groups excluding carboxylic acids is 2. The average Bonchev–Trinajstić information content (AvgIpc) is 3.08. The van der Waals surface area contributed by atoms with Gasteiger partial charge in [-0.2, -0.15) is 0 Å². The lowest BCUT2D eigenvalue weighted by Crippen LogP contribution is -2.63. The van der Waals surface area contributed by atoms with Gasteiger partial charge in [0.25, 0.3) is 0 Å². The van der Waals surface area contributed by atoms with E-state index in [9.17, 15) is 24.9 Å². The summed E-state index contributed by atoms with van der Waals surface area (Å²) in [6, 6.07) is 3.86. The zero-order valence-electron chi connectivity index (χ0n) is 27.1. The molecule has 5 aliphatic rings. The van der Waals surface area contributed by atoms with Crippen LogP contribution in [0.3, 0.4) is 0 Å². The van der Waals surface area contributed by atoms with Gasteiger partial charge in [0.2, 0.25) is 0 Å². The van der Waals surface area contributed by atoms with Crippen molar-refractivity contribution in [2.24, 2.45) is 23.2 Å². The van der Waals surface area contributed by atoms with E-state index < -0.39 is 11.5 Å². The van der Waals surface area contributed by atoms with Gasteiger partial charge in [-0.3, -0.25) is 9.59 Å². The maximum Gasteiger partial charge on any atom is 0.160 e. The molecule has 0 amide bonds. The third-order valence-electron chi connectivity index (χ3n) is 12.4. The van der Waals surface area contributed by atoms with Crippen molar-refractivity contribution in [3.8, 4) is 23.3 Å². The number of carbonyl (C=O) groups is 2. The van der Waals surface area contributed by atoms with E-state index in [-0.39, 0.29) is 36.0 Å². The van der Waals surface area contributed by atoms with E-state index in [0.29, 0.717) is 73.9 Å². The molecule has 2 spiro atoms. The molecule has 7 nitrogen and oxygen atoms in total. The first-order valence-electron chi connectivity index (χ1n) is 17.8. The van der Waals surface area contributed by atoms with Gasteiger partial charge < -0.3 is 25.4 Å². The summed E-state index contributed by atoms with van der Waals surface area (Å²) in [4.78, 5) is 26.2. The van der Waals surface area contributed by atoms with Crippen molar-refractivity contribution in [1.82, 2.24) is 5.32 Å². The maximum atomic E-state index is 13.9. The Hall–Kier alpha value is -2.40. The standard InChI is InChI=1S/C38H53NO6/c1-45-34-22-27-9-12-35(43)37(18-14-26(6-5-19-40)31(27)24-33(34)42)17-13-25(20-36(37)44)7-10-29-21-28-8-11-30(41)23-32(28)39-38(29)15-3-2-4-16-38/h22,24-26,28-29,32,36,39-40,42,44H,2-13,15-17,19-21,23H2,1H3/t25-,26-,28-,29+,32+,36+,37-/m0/s1. The molecule has 7 heteroatoms. The number of fused-ring (bicyclic) bond motifs is 2. The van der Waals surface area contributed by atoms with Gasteiger partial charge in [0.1, 0.15) is 11.2 Å². The molecule has 1 aromatic carbocycles. The number of aryl methyl sites for hydroxylation is 1. The SMILES string of the molecule is COc1cc2c(cc1O)[C@@H](CCCO)C#C[C@@]1(CC[C@H](CC[C@@H]3C[C@@H]4CCC(=O)C[C@H]4NC34CCCCC4)C[C@H]1O)C(=O)CC2. The lowest BCUT2D eigenvalue weighted by atomic mass is 9.60. The Balaban J connectivity index is 1.17. The summed E-state index contributed by atoms with van der Waals surface area (Å²) < 4.78 is 5.36. The molecule has 3 saturated carbocycles. The van der Waals surface area contributed by atoms with Crippen molar-refractivity contribution in [3.05, 3.63) is 23.3 Å². The van der Waals surface area contributed by atoms with Crippen molar-refractivity contribution in [3.63, 3.8) is 0 Å². The van der Waals surface area contributed by atoms with Gasteiger partial charge in [0, 0.05) is 43.4 Å². The molecular formula is C38H53NO6. The summed E-state index contributed by atoms with van der Waals surface area (Å²) in [7, 11) is 1.52. The number of ketones is 2. The topological polar surface area (TPSA) is 116 Å². The number of nitrogens with one attached hydrogen (secondary N) is 1. The van der Waals surface area contributed by atoms with Gasteiger partial charge in [-0.25, -0.2) is 0 Å². The molecule has 0 unspecified atom stereocenters. The van der Waals surface area contributed by atoms with Crippen molar-refractivity contribution in [2.45, 2.75) is 139 Å². The molecule has 1 aliphatic heterocycles. The molecular weight excluding hydrogens is 566 g/mol. The number of aromatic hydroxyl groups is 1. The summed E-state index contributed by atoms with van der Waals surface area (Å²) in [5, 5.41) is 36.0. The Labute approximate surface area is 268 Å². The van der Waals surface area contributed by atoms with Crippen molar-refractivity contribution >= 4 is 11.6 Å². The van der Waals surface area contributed by atoms with Gasteiger partial charge in [0.15, 0.2) is 17.3 Å². The van der Waals surface area contributed by atoms with E-state index in [4.69, 9.17) is 4.74 Å². The Bertz CT molecular complexity index is 1310. The smallest absolute Gasteiger partial charge is 0.160 e. The number of aliphatic hydroxyl groups is 2. The number of hydrogen-bond donors (Lipinski definition) is 4. The highest BCUT2D eigenvalue weighted by atomic mass is 16.5. The minimum absolute atomic E-state index is 0.0114. The second-order valence-corrected chi connectivity index (χ2v) is 15.0. The fourth-order valence-corrected chi connectivity index (χ4v) is 9.81. The Kier molecular flexibility index (Phi) is 9.95. The molecule has 4 fully saturated rings. The molecule has 1 aromatic rings. The fourth-order valence-electron chi connectivity index (χ4n) is 9.81. The highest BCUT2D eigenvalue weighted by Crippen LogP contribution is 2.49. The largest absolute Gasteiger partial charge is 0.504 e. The normalized spacial score (nSPS) is 34.6. The highest BCUT2D eigenvalue weighted by Gasteiger charge is 2.50. The first-order chi connectivity index (χ1) is 21.8. The van der Waals surface area contributed by atoms with Gasteiger partial charge in [-0.05, 0) is 112 Å². The van der Waals surface area contributed by atoms with Crippen LogP contribution in [0.5, 0.6) is 11.5 Å². The van der Waals surface area contributed by atoms with Crippen molar-refractivity contribution in [2.75, 3.05) is 13.7 Å². The Morgan fingerprint density at radius 1 is 1.00 bits per heavy atom. The van der Waals surface area contributed by atoms with Crippen LogP contribution in [0, 0.1) is 35.0 Å². The fraction of sp³-hybridized carbons (Fsp3) is 0.737. The van der Waals surface area contributed by atoms with E-state index >= 15 is 0 Å². The molecule has 45 heavy (non-hydrogen) atoms. The molecule has 1 saturated heterocycles. The number of Topliss-reactive ketones (excluding diaryl/α,β-unsaturated/α-hetero) is 2. The summed E-state index contributed by atoms with van der Waals surface area (Å²) in [6.45, 7) is 0.0430. The average molecular weight is 620 g/mol. The molecule has 0 aromatic heterocycles. The van der Waals surface area contributed by atoms with Crippen LogP contribution in [0.1, 0.15) is 126 Å². The lowest BCUT2D eigenvalue weighted by Gasteiger charge is -2.54. The third kappa shape index (κ3) is 6.58. The predicted molar refractivity (Wildman–Crippen MR) is 173 cm³/mol. The van der Waals surface area contributed by atoms with Crippen LogP contribution in [-0.4, -0.2) is 58.3 Å². The minimum Gasteiger partial charge on any atom is -0.504 e. The van der Waals surface area contributed by atoms with E-state index in [0.717, 1.165) is 43.2 Å². The zero-order valence-corrected chi connectivity index (χ0v) is 27.1. The maximum absolute atomic E-state index is 13.9. The van der Waals surface area contributed by atoms with Crippen molar-refractivity contribution in [1.29, 1.82) is 0 Å². The molecule has 246 valence electrons. The van der Waals surface area contributed by atoms with Crippen LogP contribution in [0.15, 0.2) is 12.1 Å². The molecule has 4 aliphatic carbocycles. The Morgan fingerprint density at radius 3 is 2.58 bits per heavy atom. The lowest BCUT2D eigenvalue weighted by molar-refractivity contribution is -0.134. The highest BCUT2D eigenvalue weighted by molar-refractivity contribution is 5.89. The second-order valence-electron chi connectivity index (χ2n) is 15.0. The molecule has 1 heterocycles. The van der Waals surface area contributed by atoms with Crippen LogP contribution < -0.4 is 10.1 Å². The summed E-state index contributed by atoms with van der Waals surface area (Å²) in [6.07, 6.45) is 15.3. The number of aliphatic hydroxyl groups excluding tert-OH is 2. The van der Waals surface area contributed by atoms with Crippen LogP contribution >= 0.6 is 0 Å². The van der Waals surface area contributed by atoms with Crippen molar-refractivity contribution < 1.29 is 29.6 Å². The molecule has 7 atom stereocenters. The van der Waals surface area contributed by atoms with Gasteiger partial charge in [-0.1, -0.05) is 37.5 Å². The van der Waals surface area contributed by atoms with Crippen LogP contribution in [-0.2, 0) is 16.0 Å². The monoisotopic (exact) mass is 619 g/mol. The van der Waals surface area contributed by atoms with E-state index in [1.54, 1.807) is 6.07 Å². The zero-order chi connectivity index (χ0) is 31.6. The van der Waals surface area contributed by atoms with Gasteiger partial charge in [0.05, 0.1) is 13.2 Å². The number of benzene rings is 1. The predicted octanol–water partition coefficient (Wildman–Crippen LogP) is 5.75. The number of rotatable bonds is 7. The molecule has 4 N–H and O–H groups in total. The summed E-state index contributed by atoms with van der Waals surface area (Å²) >= 11 is 0. The minimum atomic E-state index is -1.07. The van der Waals surface area contributed by atoms with Gasteiger partial charge >= 0.3 is 0 Å². The number of phenolic OH excluding ortho intramolecular Hbond substituents is 1. The first kappa shape index (κ1) is 32.5.